The Bertz CT molecular complexity index is 1310. The molecule has 10 nitrogen and oxygen atoms in total. The molecule has 0 radical (unpaired) electrons. The Morgan fingerprint density at radius 3 is 2.58 bits per heavy atom. The Balaban J connectivity index is 1.98. The highest BCUT2D eigenvalue weighted by Crippen LogP contribution is 2.28. The highest BCUT2D eigenvalue weighted by molar-refractivity contribution is 7.16. The zero-order valence-electron chi connectivity index (χ0n) is 18.1. The normalized spacial score (nSPS) is 11.7. The van der Waals surface area contributed by atoms with Crippen LogP contribution in [-0.2, 0) is 20.9 Å². The Hall–Kier alpha value is -3.99. The predicted molar refractivity (Wildman–Crippen MR) is 122 cm³/mol. The Morgan fingerprint density at radius 1 is 1.15 bits per heavy atom. The average molecular weight is 471 g/mol. The fraction of sp³-hybridized carbons (Fsp3) is 0.227. The van der Waals surface area contributed by atoms with Crippen molar-refractivity contribution in [2.75, 3.05) is 20.8 Å². The number of aromatic nitrogens is 1. The maximum absolute atomic E-state index is 12.5. The van der Waals surface area contributed by atoms with Crippen LogP contribution in [-0.4, -0.2) is 42.2 Å². The molecule has 33 heavy (non-hydrogen) atoms. The van der Waals surface area contributed by atoms with E-state index in [0.717, 1.165) is 11.3 Å². The van der Waals surface area contributed by atoms with Gasteiger partial charge in [0.2, 0.25) is 0 Å². The molecule has 2 aromatic carbocycles. The van der Waals surface area contributed by atoms with E-state index in [9.17, 15) is 19.7 Å². The van der Waals surface area contributed by atoms with Gasteiger partial charge in [0.1, 0.15) is 6.54 Å². The first kappa shape index (κ1) is 23.7. The maximum atomic E-state index is 12.5. The van der Waals surface area contributed by atoms with Gasteiger partial charge in [-0.25, -0.2) is 0 Å². The van der Waals surface area contributed by atoms with E-state index in [4.69, 9.17) is 14.2 Å². The van der Waals surface area contributed by atoms with E-state index in [2.05, 4.69) is 4.99 Å². The molecule has 0 N–H and O–H groups in total. The van der Waals surface area contributed by atoms with Crippen LogP contribution in [0.2, 0.25) is 0 Å². The molecule has 0 unspecified atom stereocenters. The van der Waals surface area contributed by atoms with Gasteiger partial charge in [-0.3, -0.25) is 19.7 Å². The largest absolute Gasteiger partial charge is 0.493 e. The Morgan fingerprint density at radius 2 is 1.91 bits per heavy atom. The number of carbonyl (C=O) groups excluding carboxylic acids is 2. The molecule has 0 saturated heterocycles. The molecule has 0 spiro atoms. The number of fused-ring (bicyclic) bond motifs is 1. The lowest BCUT2D eigenvalue weighted by atomic mass is 10.2. The average Bonchev–Trinajstić information content (AvgIpc) is 3.13. The van der Waals surface area contributed by atoms with Gasteiger partial charge >= 0.3 is 5.97 Å². The summed E-state index contributed by atoms with van der Waals surface area (Å²) in [4.78, 5) is 39.5. The van der Waals surface area contributed by atoms with Gasteiger partial charge in [-0.05, 0) is 36.8 Å². The van der Waals surface area contributed by atoms with Gasteiger partial charge in [-0.2, -0.15) is 4.99 Å². The molecule has 1 amide bonds. The monoisotopic (exact) mass is 471 g/mol. The first-order valence-corrected chi connectivity index (χ1v) is 10.6. The fourth-order valence-electron chi connectivity index (χ4n) is 3.00. The van der Waals surface area contributed by atoms with Crippen molar-refractivity contribution in [1.82, 2.24) is 4.57 Å². The lowest BCUT2D eigenvalue weighted by molar-refractivity contribution is -0.384. The van der Waals surface area contributed by atoms with Crippen LogP contribution < -0.4 is 14.3 Å². The van der Waals surface area contributed by atoms with Crippen LogP contribution in [0.4, 0.5) is 5.69 Å². The van der Waals surface area contributed by atoms with Crippen LogP contribution in [0.25, 0.3) is 16.3 Å². The van der Waals surface area contributed by atoms with Gasteiger partial charge in [-0.15, -0.1) is 0 Å². The first-order chi connectivity index (χ1) is 15.9. The third kappa shape index (κ3) is 5.63. The lowest BCUT2D eigenvalue weighted by Crippen LogP contribution is -2.22. The van der Waals surface area contributed by atoms with Crippen molar-refractivity contribution in [3.8, 4) is 11.5 Å². The SMILES string of the molecule is CCOC(=O)Cn1c(=NC(=O)/C=C\c2ccc(OC)c(OC)c2)sc2cc([N+](=O)[O-])ccc21. The molecule has 172 valence electrons. The van der Waals surface area contributed by atoms with E-state index in [1.165, 1.54) is 43.1 Å². The predicted octanol–water partition coefficient (Wildman–Crippen LogP) is 3.33. The van der Waals surface area contributed by atoms with E-state index < -0.39 is 16.8 Å². The summed E-state index contributed by atoms with van der Waals surface area (Å²) >= 11 is 1.07. The minimum Gasteiger partial charge on any atom is -0.493 e. The molecule has 0 bridgehead atoms. The molecule has 3 rings (SSSR count). The van der Waals surface area contributed by atoms with Crippen molar-refractivity contribution in [3.63, 3.8) is 0 Å². The number of ether oxygens (including phenoxy) is 3. The highest BCUT2D eigenvalue weighted by atomic mass is 32.1. The summed E-state index contributed by atoms with van der Waals surface area (Å²) in [6.07, 6.45) is 2.85. The molecule has 0 atom stereocenters. The summed E-state index contributed by atoms with van der Waals surface area (Å²) in [6, 6.07) is 9.41. The number of amides is 1. The summed E-state index contributed by atoms with van der Waals surface area (Å²) in [5, 5.41) is 11.1. The lowest BCUT2D eigenvalue weighted by Gasteiger charge is -2.07. The van der Waals surface area contributed by atoms with E-state index >= 15 is 0 Å². The number of thiazole rings is 1. The number of benzene rings is 2. The number of non-ortho nitro benzene ring substituents is 1. The van der Waals surface area contributed by atoms with Gasteiger partial charge in [0.15, 0.2) is 16.3 Å². The molecule has 11 heteroatoms. The second kappa shape index (κ2) is 10.6. The van der Waals surface area contributed by atoms with Crippen molar-refractivity contribution in [2.45, 2.75) is 13.5 Å². The standard InChI is InChI=1S/C22H21N3O7S/c1-4-32-21(27)13-24-16-8-7-15(25(28)29)12-19(16)33-22(24)23-20(26)10-6-14-5-9-17(30-2)18(11-14)31-3/h5-12H,4,13H2,1-3H3/b10-6-,23-22?. The number of hydrogen-bond acceptors (Lipinski definition) is 8. The smallest absolute Gasteiger partial charge is 0.326 e. The molecule has 1 aromatic heterocycles. The number of hydrogen-bond donors (Lipinski definition) is 0. The summed E-state index contributed by atoms with van der Waals surface area (Å²) < 4.78 is 17.5. The zero-order chi connectivity index (χ0) is 24.0. The van der Waals surface area contributed by atoms with Crippen LogP contribution in [0, 0.1) is 10.1 Å². The second-order valence-corrected chi connectivity index (χ2v) is 7.59. The molecular formula is C22H21N3O7S. The molecule has 0 saturated carbocycles. The minimum absolute atomic E-state index is 0.0988. The molecule has 1 heterocycles. The van der Waals surface area contributed by atoms with Crippen LogP contribution in [0.1, 0.15) is 12.5 Å². The van der Waals surface area contributed by atoms with Crippen molar-refractivity contribution in [1.29, 1.82) is 0 Å². The molecule has 3 aromatic rings. The van der Waals surface area contributed by atoms with Crippen LogP contribution in [0.3, 0.4) is 0 Å². The summed E-state index contributed by atoms with van der Waals surface area (Å²) in [7, 11) is 3.04. The van der Waals surface area contributed by atoms with Crippen LogP contribution in [0.5, 0.6) is 11.5 Å². The van der Waals surface area contributed by atoms with Crippen molar-refractivity contribution in [2.24, 2.45) is 4.99 Å². The molecule has 0 fully saturated rings. The first-order valence-electron chi connectivity index (χ1n) is 9.78. The van der Waals surface area contributed by atoms with Crippen molar-refractivity contribution >= 4 is 45.2 Å². The Kier molecular flexibility index (Phi) is 7.57. The fourth-order valence-corrected chi connectivity index (χ4v) is 4.07. The summed E-state index contributed by atoms with van der Waals surface area (Å²) in [5.74, 6) is 0.00114. The summed E-state index contributed by atoms with van der Waals surface area (Å²) in [5.41, 5.74) is 1.13. The zero-order valence-corrected chi connectivity index (χ0v) is 19.0. The van der Waals surface area contributed by atoms with Crippen LogP contribution in [0.15, 0.2) is 47.5 Å². The number of esters is 1. The van der Waals surface area contributed by atoms with Gasteiger partial charge in [0.25, 0.3) is 11.6 Å². The van der Waals surface area contributed by atoms with Gasteiger partial charge in [-0.1, -0.05) is 17.4 Å². The quantitative estimate of drug-likeness (QED) is 0.214. The maximum Gasteiger partial charge on any atom is 0.326 e. The number of rotatable bonds is 8. The topological polar surface area (TPSA) is 122 Å². The Labute approximate surface area is 192 Å². The highest BCUT2D eigenvalue weighted by Gasteiger charge is 2.15. The molecule has 0 aliphatic rings. The third-order valence-corrected chi connectivity index (χ3v) is 5.54. The second-order valence-electron chi connectivity index (χ2n) is 6.58. The van der Waals surface area contributed by atoms with E-state index in [-0.39, 0.29) is 23.6 Å². The number of nitro groups is 1. The van der Waals surface area contributed by atoms with Gasteiger partial charge in [0.05, 0.1) is 36.0 Å². The van der Waals surface area contributed by atoms with Gasteiger partial charge in [0, 0.05) is 18.2 Å². The van der Waals surface area contributed by atoms with Crippen molar-refractivity contribution < 1.29 is 28.7 Å². The molecule has 0 aliphatic heterocycles. The van der Waals surface area contributed by atoms with E-state index in [1.54, 1.807) is 31.2 Å². The van der Waals surface area contributed by atoms with E-state index in [1.807, 2.05) is 0 Å². The van der Waals surface area contributed by atoms with Crippen molar-refractivity contribution in [3.05, 3.63) is 63.0 Å². The molecular weight excluding hydrogens is 450 g/mol. The van der Waals surface area contributed by atoms with Crippen LogP contribution >= 0.6 is 11.3 Å². The third-order valence-electron chi connectivity index (χ3n) is 4.50. The van der Waals surface area contributed by atoms with Gasteiger partial charge < -0.3 is 18.8 Å². The van der Waals surface area contributed by atoms with E-state index in [0.29, 0.717) is 27.3 Å². The number of carbonyl (C=O) groups is 2. The minimum atomic E-state index is -0.566. The molecule has 0 aliphatic carbocycles. The summed E-state index contributed by atoms with van der Waals surface area (Å²) in [6.45, 7) is 1.70. The number of nitro benzene ring substituents is 1. The number of nitrogens with zero attached hydrogens (tertiary/aromatic N) is 3. The number of methoxy groups -OCH3 is 2.